The Morgan fingerprint density at radius 1 is 0.973 bits per heavy atom. The van der Waals surface area contributed by atoms with Crippen molar-refractivity contribution in [3.05, 3.63) is 47.8 Å². The number of carbonyl (C=O) groups is 2. The lowest BCUT2D eigenvalue weighted by Crippen LogP contribution is -2.43. The first-order valence-electron chi connectivity index (χ1n) is 12.5. The Hall–Kier alpha value is -3.75. The molecule has 2 aromatic carbocycles. The molecule has 9 nitrogen and oxygen atoms in total. The first-order valence-corrected chi connectivity index (χ1v) is 12.5. The third kappa shape index (κ3) is 6.34. The molecule has 0 aliphatic rings. The van der Waals surface area contributed by atoms with E-state index in [0.29, 0.717) is 42.2 Å². The van der Waals surface area contributed by atoms with E-state index >= 15 is 0 Å². The van der Waals surface area contributed by atoms with E-state index < -0.39 is 0 Å². The topological polar surface area (TPSA) is 94.9 Å². The van der Waals surface area contributed by atoms with E-state index in [1.807, 2.05) is 61.4 Å². The normalized spacial score (nSPS) is 11.2. The highest BCUT2D eigenvalue weighted by Crippen LogP contribution is 2.38. The number of ether oxygens (including phenoxy) is 3. The standard InChI is InChI=1S/C28H38N4O5/c1-18(2)32(19(3)4)26(33)17-31-22-12-9-8-11-21(22)30-25(31)13-10-14-29-28(34)20-15-23(35-5)27(37-7)24(16-20)36-6/h8-9,11-12,15-16,18-19H,10,13-14,17H2,1-7H3,(H,29,34). The summed E-state index contributed by atoms with van der Waals surface area (Å²) in [6, 6.07) is 11.3. The average Bonchev–Trinajstić information content (AvgIpc) is 3.21. The van der Waals surface area contributed by atoms with Crippen LogP contribution >= 0.6 is 0 Å². The zero-order chi connectivity index (χ0) is 27.1. The molecule has 2 amide bonds. The lowest BCUT2D eigenvalue weighted by molar-refractivity contribution is -0.135. The van der Waals surface area contributed by atoms with Gasteiger partial charge >= 0.3 is 0 Å². The minimum absolute atomic E-state index is 0.0603. The molecular formula is C28H38N4O5. The quantitative estimate of drug-likeness (QED) is 0.369. The van der Waals surface area contributed by atoms with Gasteiger partial charge in [0.15, 0.2) is 11.5 Å². The first-order chi connectivity index (χ1) is 17.7. The largest absolute Gasteiger partial charge is 0.493 e. The fourth-order valence-electron chi connectivity index (χ4n) is 4.64. The Balaban J connectivity index is 1.71. The van der Waals surface area contributed by atoms with Crippen LogP contribution in [0.1, 0.15) is 50.3 Å². The third-order valence-electron chi connectivity index (χ3n) is 6.22. The number of imidazole rings is 1. The van der Waals surface area contributed by atoms with Crippen molar-refractivity contribution in [1.29, 1.82) is 0 Å². The number of nitrogens with zero attached hydrogens (tertiary/aromatic N) is 3. The molecule has 200 valence electrons. The lowest BCUT2D eigenvalue weighted by atomic mass is 10.1. The number of aryl methyl sites for hydroxylation is 1. The number of hydrogen-bond donors (Lipinski definition) is 1. The van der Waals surface area contributed by atoms with Crippen LogP contribution in [0.2, 0.25) is 0 Å². The summed E-state index contributed by atoms with van der Waals surface area (Å²) in [7, 11) is 4.54. The van der Waals surface area contributed by atoms with Gasteiger partial charge in [-0.05, 0) is 58.4 Å². The van der Waals surface area contributed by atoms with E-state index in [9.17, 15) is 9.59 Å². The van der Waals surface area contributed by atoms with Gasteiger partial charge in [0.25, 0.3) is 5.91 Å². The summed E-state index contributed by atoms with van der Waals surface area (Å²) in [5.74, 6) is 1.91. The maximum atomic E-state index is 13.2. The number of carbonyl (C=O) groups excluding carboxylic acids is 2. The molecule has 0 bridgehead atoms. The minimum Gasteiger partial charge on any atom is -0.493 e. The van der Waals surface area contributed by atoms with Crippen molar-refractivity contribution in [2.24, 2.45) is 0 Å². The molecule has 0 fully saturated rings. The lowest BCUT2D eigenvalue weighted by Gasteiger charge is -2.31. The molecule has 0 atom stereocenters. The molecule has 0 aliphatic carbocycles. The van der Waals surface area contributed by atoms with E-state index in [-0.39, 0.29) is 30.4 Å². The molecule has 3 rings (SSSR count). The Kier molecular flexibility index (Phi) is 9.38. The van der Waals surface area contributed by atoms with E-state index in [1.54, 1.807) is 12.1 Å². The number of para-hydroxylation sites is 2. The summed E-state index contributed by atoms with van der Waals surface area (Å²) in [5, 5.41) is 2.95. The summed E-state index contributed by atoms with van der Waals surface area (Å²) in [6.45, 7) is 8.78. The van der Waals surface area contributed by atoms with Gasteiger partial charge in [-0.25, -0.2) is 4.98 Å². The van der Waals surface area contributed by atoms with Crippen molar-refractivity contribution >= 4 is 22.8 Å². The Morgan fingerprint density at radius 3 is 2.16 bits per heavy atom. The first kappa shape index (κ1) is 27.8. The molecule has 0 unspecified atom stereocenters. The molecule has 1 aromatic heterocycles. The van der Waals surface area contributed by atoms with Gasteiger partial charge in [0.2, 0.25) is 11.7 Å². The van der Waals surface area contributed by atoms with E-state index in [2.05, 4.69) is 5.32 Å². The van der Waals surface area contributed by atoms with Gasteiger partial charge < -0.3 is 29.0 Å². The smallest absolute Gasteiger partial charge is 0.251 e. The molecule has 0 spiro atoms. The molecule has 0 saturated carbocycles. The van der Waals surface area contributed by atoms with Crippen LogP contribution in [0.15, 0.2) is 36.4 Å². The number of amides is 2. The van der Waals surface area contributed by atoms with E-state index in [1.165, 1.54) is 21.3 Å². The number of methoxy groups -OCH3 is 3. The van der Waals surface area contributed by atoms with Gasteiger partial charge in [0.05, 0.1) is 32.4 Å². The van der Waals surface area contributed by atoms with Crippen molar-refractivity contribution in [1.82, 2.24) is 19.8 Å². The number of nitrogens with one attached hydrogen (secondary N) is 1. The number of hydrogen-bond acceptors (Lipinski definition) is 6. The van der Waals surface area contributed by atoms with Gasteiger partial charge in [-0.15, -0.1) is 0 Å². The van der Waals surface area contributed by atoms with Gasteiger partial charge in [0.1, 0.15) is 12.4 Å². The zero-order valence-corrected chi connectivity index (χ0v) is 22.8. The van der Waals surface area contributed by atoms with Crippen LogP contribution in [-0.2, 0) is 17.8 Å². The highest BCUT2D eigenvalue weighted by Gasteiger charge is 2.22. The number of benzene rings is 2. The molecular weight excluding hydrogens is 472 g/mol. The summed E-state index contributed by atoms with van der Waals surface area (Å²) in [6.07, 6.45) is 1.27. The van der Waals surface area contributed by atoms with E-state index in [0.717, 1.165) is 16.9 Å². The maximum Gasteiger partial charge on any atom is 0.251 e. The molecule has 0 saturated heterocycles. The number of fused-ring (bicyclic) bond motifs is 1. The minimum atomic E-state index is -0.243. The Labute approximate surface area is 218 Å². The maximum absolute atomic E-state index is 13.2. The fraction of sp³-hybridized carbons (Fsp3) is 0.464. The van der Waals surface area contributed by atoms with Gasteiger partial charge in [0, 0.05) is 30.6 Å². The van der Waals surface area contributed by atoms with Crippen LogP contribution in [0.3, 0.4) is 0 Å². The average molecular weight is 511 g/mol. The Morgan fingerprint density at radius 2 is 1.59 bits per heavy atom. The molecule has 1 heterocycles. The SMILES string of the molecule is COc1cc(C(=O)NCCCc2nc3ccccc3n2CC(=O)N(C(C)C)C(C)C)cc(OC)c1OC. The Bertz CT molecular complexity index is 1200. The van der Waals surface area contributed by atoms with Crippen LogP contribution in [0.5, 0.6) is 17.2 Å². The van der Waals surface area contributed by atoms with E-state index in [4.69, 9.17) is 19.2 Å². The van der Waals surface area contributed by atoms with Crippen LogP contribution in [0.25, 0.3) is 11.0 Å². The molecule has 37 heavy (non-hydrogen) atoms. The zero-order valence-electron chi connectivity index (χ0n) is 22.8. The predicted octanol–water partition coefficient (Wildman–Crippen LogP) is 4.07. The molecule has 9 heteroatoms. The highest BCUT2D eigenvalue weighted by atomic mass is 16.5. The van der Waals surface area contributed by atoms with Crippen LogP contribution in [0, 0.1) is 0 Å². The molecule has 1 N–H and O–H groups in total. The second-order valence-corrected chi connectivity index (χ2v) is 9.36. The van der Waals surface area contributed by atoms with Crippen molar-refractivity contribution in [3.8, 4) is 17.2 Å². The second kappa shape index (κ2) is 12.5. The van der Waals surface area contributed by atoms with Crippen molar-refractivity contribution in [2.45, 2.75) is 59.2 Å². The molecule has 0 radical (unpaired) electrons. The van der Waals surface area contributed by atoms with Crippen molar-refractivity contribution < 1.29 is 23.8 Å². The second-order valence-electron chi connectivity index (χ2n) is 9.36. The summed E-state index contributed by atoms with van der Waals surface area (Å²) < 4.78 is 18.0. The van der Waals surface area contributed by atoms with Crippen molar-refractivity contribution in [3.63, 3.8) is 0 Å². The number of aromatic nitrogens is 2. The summed E-state index contributed by atoms with van der Waals surface area (Å²) in [5.41, 5.74) is 2.20. The van der Waals surface area contributed by atoms with Crippen LogP contribution in [-0.4, -0.2) is 66.2 Å². The summed E-state index contributed by atoms with van der Waals surface area (Å²) in [4.78, 5) is 32.7. The molecule has 0 aliphatic heterocycles. The van der Waals surface area contributed by atoms with Crippen molar-refractivity contribution in [2.75, 3.05) is 27.9 Å². The summed E-state index contributed by atoms with van der Waals surface area (Å²) >= 11 is 0. The van der Waals surface area contributed by atoms with Gasteiger partial charge in [-0.1, -0.05) is 12.1 Å². The monoisotopic (exact) mass is 510 g/mol. The fourth-order valence-corrected chi connectivity index (χ4v) is 4.64. The predicted molar refractivity (Wildman–Crippen MR) is 144 cm³/mol. The molecule has 3 aromatic rings. The third-order valence-corrected chi connectivity index (χ3v) is 6.22. The van der Waals surface area contributed by atoms with Gasteiger partial charge in [-0.2, -0.15) is 0 Å². The number of rotatable bonds is 12. The van der Waals surface area contributed by atoms with Crippen LogP contribution < -0.4 is 19.5 Å². The van der Waals surface area contributed by atoms with Gasteiger partial charge in [-0.3, -0.25) is 9.59 Å². The van der Waals surface area contributed by atoms with Crippen LogP contribution in [0.4, 0.5) is 0 Å². The highest BCUT2D eigenvalue weighted by molar-refractivity contribution is 5.95.